The van der Waals surface area contributed by atoms with Gasteiger partial charge < -0.3 is 10.5 Å². The molecule has 0 saturated heterocycles. The molecule has 3 aromatic carbocycles. The average molecular weight is 552 g/mol. The lowest BCUT2D eigenvalue weighted by Gasteiger charge is -2.29. The third-order valence-electron chi connectivity index (χ3n) is 6.43. The predicted molar refractivity (Wildman–Crippen MR) is 144 cm³/mol. The van der Waals surface area contributed by atoms with Crippen molar-refractivity contribution in [1.29, 1.82) is 0 Å². The maximum atomic E-state index is 14.2. The van der Waals surface area contributed by atoms with Crippen molar-refractivity contribution in [2.24, 2.45) is 5.73 Å². The van der Waals surface area contributed by atoms with Crippen molar-refractivity contribution in [2.75, 3.05) is 19.7 Å². The molecule has 1 amide bonds. The fraction of sp³-hybridized carbons (Fsp3) is 0.226. The molecular formula is C31H29F4N3O2. The van der Waals surface area contributed by atoms with Crippen molar-refractivity contribution in [1.82, 2.24) is 9.88 Å². The summed E-state index contributed by atoms with van der Waals surface area (Å²) in [4.78, 5) is 17.3. The largest absolute Gasteiger partial charge is 0.478 e. The highest BCUT2D eigenvalue weighted by molar-refractivity contribution is 5.92. The first-order valence-corrected chi connectivity index (χ1v) is 12.8. The third-order valence-corrected chi connectivity index (χ3v) is 6.43. The highest BCUT2D eigenvalue weighted by Gasteiger charge is 2.31. The summed E-state index contributed by atoms with van der Waals surface area (Å²) in [5, 5.41) is 0. The highest BCUT2D eigenvalue weighted by atomic mass is 19.4. The number of hydrogen-bond donors (Lipinski definition) is 1. The number of nitrogens with zero attached hydrogens (tertiary/aromatic N) is 2. The number of amides is 1. The first kappa shape index (κ1) is 28.8. The van der Waals surface area contributed by atoms with Gasteiger partial charge in [0.2, 0.25) is 11.8 Å². The molecule has 208 valence electrons. The molecule has 5 nitrogen and oxygen atoms in total. The van der Waals surface area contributed by atoms with E-state index < -0.39 is 23.5 Å². The van der Waals surface area contributed by atoms with Crippen molar-refractivity contribution in [3.63, 3.8) is 0 Å². The smallest absolute Gasteiger partial charge is 0.416 e. The van der Waals surface area contributed by atoms with Gasteiger partial charge in [-0.1, -0.05) is 60.7 Å². The number of primary amides is 1. The number of halogens is 4. The second-order valence-corrected chi connectivity index (χ2v) is 9.41. The zero-order chi connectivity index (χ0) is 28.5. The molecule has 40 heavy (non-hydrogen) atoms. The van der Waals surface area contributed by atoms with Crippen LogP contribution in [0.2, 0.25) is 0 Å². The number of rotatable bonds is 12. The van der Waals surface area contributed by atoms with Gasteiger partial charge in [-0.3, -0.25) is 9.69 Å². The van der Waals surface area contributed by atoms with Gasteiger partial charge in [0.1, 0.15) is 5.82 Å². The van der Waals surface area contributed by atoms with Crippen LogP contribution in [0.1, 0.15) is 45.0 Å². The van der Waals surface area contributed by atoms with E-state index in [1.54, 1.807) is 6.07 Å². The Balaban J connectivity index is 1.54. The van der Waals surface area contributed by atoms with Crippen LogP contribution in [-0.4, -0.2) is 35.5 Å². The third kappa shape index (κ3) is 8.13. The summed E-state index contributed by atoms with van der Waals surface area (Å²) in [5.74, 6) is -1.27. The first-order valence-electron chi connectivity index (χ1n) is 12.8. The van der Waals surface area contributed by atoms with Crippen LogP contribution in [0.15, 0.2) is 97.2 Å². The Morgan fingerprint density at radius 2 is 1.57 bits per heavy atom. The maximum Gasteiger partial charge on any atom is 0.416 e. The number of hydrogen-bond acceptors (Lipinski definition) is 4. The number of aromatic nitrogens is 1. The van der Waals surface area contributed by atoms with Crippen molar-refractivity contribution in [3.05, 3.63) is 131 Å². The van der Waals surface area contributed by atoms with Crippen molar-refractivity contribution >= 4 is 5.91 Å². The fourth-order valence-corrected chi connectivity index (χ4v) is 4.51. The van der Waals surface area contributed by atoms with E-state index >= 15 is 0 Å². The van der Waals surface area contributed by atoms with Gasteiger partial charge in [-0.15, -0.1) is 0 Å². The molecule has 0 aliphatic carbocycles. The Kier molecular flexibility index (Phi) is 9.50. The molecule has 2 N–H and O–H groups in total. The van der Waals surface area contributed by atoms with Crippen LogP contribution in [0.25, 0.3) is 0 Å². The molecule has 4 rings (SSSR count). The second-order valence-electron chi connectivity index (χ2n) is 9.41. The minimum atomic E-state index is -4.65. The number of carbonyl (C=O) groups is 1. The number of nitrogens with two attached hydrogens (primary N) is 1. The number of carbonyl (C=O) groups excluding carboxylic acids is 1. The topological polar surface area (TPSA) is 68.5 Å². The lowest BCUT2D eigenvalue weighted by molar-refractivity contribution is -0.137. The van der Waals surface area contributed by atoms with Gasteiger partial charge in [0.15, 0.2) is 0 Å². The van der Waals surface area contributed by atoms with Crippen molar-refractivity contribution in [2.45, 2.75) is 25.1 Å². The first-order chi connectivity index (χ1) is 19.2. The summed E-state index contributed by atoms with van der Waals surface area (Å²) < 4.78 is 60.1. The van der Waals surface area contributed by atoms with Crippen LogP contribution in [0.4, 0.5) is 17.6 Å². The SMILES string of the molecule is NC(=O)c1ccc(OCCCN(Cc2cc(F)cc(C(F)(F)F)c2)CC(c2ccccc2)c2ccccc2)nc1. The van der Waals surface area contributed by atoms with Crippen LogP contribution < -0.4 is 10.5 Å². The van der Waals surface area contributed by atoms with E-state index in [0.29, 0.717) is 31.5 Å². The summed E-state index contributed by atoms with van der Waals surface area (Å²) in [6.07, 6.45) is -2.79. The van der Waals surface area contributed by atoms with Gasteiger partial charge in [-0.2, -0.15) is 13.2 Å². The summed E-state index contributed by atoms with van der Waals surface area (Å²) in [5.41, 5.74) is 6.84. The molecule has 0 aliphatic heterocycles. The zero-order valence-electron chi connectivity index (χ0n) is 21.7. The summed E-state index contributed by atoms with van der Waals surface area (Å²) in [6, 6.07) is 25.4. The predicted octanol–water partition coefficient (Wildman–Crippen LogP) is 6.44. The standard InChI is InChI=1S/C31H29F4N3O2/c32-27-17-22(16-26(18-27)31(33,34)35)20-38(14-7-15-40-29-13-12-25(19-37-29)30(36)39)21-28(23-8-3-1-4-9-23)24-10-5-2-6-11-24/h1-6,8-13,16-19,28H,7,14-15,20-21H2,(H2,36,39). The highest BCUT2D eigenvalue weighted by Crippen LogP contribution is 2.31. The fourth-order valence-electron chi connectivity index (χ4n) is 4.51. The number of ether oxygens (including phenoxy) is 1. The molecular weight excluding hydrogens is 522 g/mol. The quantitative estimate of drug-likeness (QED) is 0.163. The Bertz CT molecular complexity index is 1340. The molecule has 0 saturated carbocycles. The van der Waals surface area contributed by atoms with Crippen LogP contribution in [0.5, 0.6) is 5.88 Å². The average Bonchev–Trinajstić information content (AvgIpc) is 2.94. The zero-order valence-corrected chi connectivity index (χ0v) is 21.7. The molecule has 0 unspecified atom stereocenters. The van der Waals surface area contributed by atoms with Gasteiger partial charge in [0, 0.05) is 37.8 Å². The molecule has 4 aromatic rings. The lowest BCUT2D eigenvalue weighted by Crippen LogP contribution is -2.31. The van der Waals surface area contributed by atoms with E-state index in [9.17, 15) is 22.4 Å². The van der Waals surface area contributed by atoms with Crippen LogP contribution >= 0.6 is 0 Å². The number of pyridine rings is 1. The minimum Gasteiger partial charge on any atom is -0.478 e. The van der Waals surface area contributed by atoms with Crippen LogP contribution in [-0.2, 0) is 12.7 Å². The van der Waals surface area contributed by atoms with Crippen LogP contribution in [0, 0.1) is 5.82 Å². The van der Waals surface area contributed by atoms with E-state index in [-0.39, 0.29) is 30.2 Å². The van der Waals surface area contributed by atoms with Crippen molar-refractivity contribution in [3.8, 4) is 5.88 Å². The number of alkyl halides is 3. The van der Waals surface area contributed by atoms with Gasteiger partial charge in [-0.25, -0.2) is 9.37 Å². The second kappa shape index (κ2) is 13.2. The van der Waals surface area contributed by atoms with Gasteiger partial charge in [0.05, 0.1) is 17.7 Å². The molecule has 0 radical (unpaired) electrons. The molecule has 0 bridgehead atoms. The molecule has 1 heterocycles. The van der Waals surface area contributed by atoms with Gasteiger partial charge in [-0.05, 0) is 47.4 Å². The monoisotopic (exact) mass is 551 g/mol. The van der Waals surface area contributed by atoms with Gasteiger partial charge in [0.25, 0.3) is 0 Å². The summed E-state index contributed by atoms with van der Waals surface area (Å²) >= 11 is 0. The normalized spacial score (nSPS) is 11.7. The molecule has 0 atom stereocenters. The maximum absolute atomic E-state index is 14.2. The van der Waals surface area contributed by atoms with E-state index in [4.69, 9.17) is 10.5 Å². The van der Waals surface area contributed by atoms with E-state index in [1.165, 1.54) is 12.3 Å². The van der Waals surface area contributed by atoms with Crippen LogP contribution in [0.3, 0.4) is 0 Å². The van der Waals surface area contributed by atoms with E-state index in [0.717, 1.165) is 23.3 Å². The molecule has 0 aliphatic rings. The lowest BCUT2D eigenvalue weighted by atomic mass is 9.90. The summed E-state index contributed by atoms with van der Waals surface area (Å²) in [6.45, 7) is 1.34. The van der Waals surface area contributed by atoms with Gasteiger partial charge >= 0.3 is 6.18 Å². The van der Waals surface area contributed by atoms with Crippen molar-refractivity contribution < 1.29 is 27.1 Å². The molecule has 1 aromatic heterocycles. The van der Waals surface area contributed by atoms with E-state index in [2.05, 4.69) is 4.98 Å². The minimum absolute atomic E-state index is 0.0676. The number of benzene rings is 3. The Morgan fingerprint density at radius 1 is 0.925 bits per heavy atom. The molecule has 0 fully saturated rings. The Hall–Kier alpha value is -4.24. The summed E-state index contributed by atoms with van der Waals surface area (Å²) in [7, 11) is 0. The van der Waals surface area contributed by atoms with E-state index in [1.807, 2.05) is 65.6 Å². The molecule has 0 spiro atoms. The Labute approximate surface area is 230 Å². The Morgan fingerprint density at radius 3 is 2.12 bits per heavy atom. The molecule has 9 heteroatoms.